The maximum absolute atomic E-state index is 12.8. The molecule has 10 heteroatoms. The number of para-hydroxylation sites is 1. The number of nitrogens with zero attached hydrogens (tertiary/aromatic N) is 6. The van der Waals surface area contributed by atoms with E-state index in [-0.39, 0.29) is 5.91 Å². The van der Waals surface area contributed by atoms with Gasteiger partial charge in [-0.25, -0.2) is 14.6 Å². The fraction of sp³-hybridized carbons (Fsp3) is 0.0833. The number of anilines is 1. The molecule has 0 saturated heterocycles. The molecule has 168 valence electrons. The van der Waals surface area contributed by atoms with Gasteiger partial charge in [-0.1, -0.05) is 24.3 Å². The van der Waals surface area contributed by atoms with Crippen molar-refractivity contribution in [2.75, 3.05) is 5.32 Å². The van der Waals surface area contributed by atoms with Crippen molar-refractivity contribution in [3.63, 3.8) is 0 Å². The van der Waals surface area contributed by atoms with E-state index in [1.54, 1.807) is 35.5 Å². The highest BCUT2D eigenvalue weighted by molar-refractivity contribution is 5.95. The van der Waals surface area contributed by atoms with Crippen LogP contribution in [0.1, 0.15) is 21.7 Å². The predicted molar refractivity (Wildman–Crippen MR) is 126 cm³/mol. The second kappa shape index (κ2) is 9.74. The van der Waals surface area contributed by atoms with Crippen molar-refractivity contribution < 1.29 is 4.79 Å². The molecule has 0 aliphatic rings. The number of benzene rings is 2. The number of carbonyl (C=O) groups is 1. The van der Waals surface area contributed by atoms with E-state index >= 15 is 0 Å². The molecule has 3 N–H and O–H groups in total. The summed E-state index contributed by atoms with van der Waals surface area (Å²) < 4.78 is 1.68. The van der Waals surface area contributed by atoms with Gasteiger partial charge >= 0.3 is 0 Å². The second-order valence-electron chi connectivity index (χ2n) is 7.43. The Morgan fingerprint density at radius 3 is 2.71 bits per heavy atom. The summed E-state index contributed by atoms with van der Waals surface area (Å²) in [5.74, 6) is 1.13. The standard InChI is InChI=1S/C24H21N9O/c34-24(28-13-19-4-1-2-7-21(19)33-16-26-15-29-33)18-5-3-6-20(12-18)27-14-22-30-23(32-31-22)17-8-10-25-11-9-17/h1-12,15-16,27H,13-14H2,(H,28,34)(H,30,31,32). The molecule has 3 aromatic heterocycles. The minimum absolute atomic E-state index is 0.170. The van der Waals surface area contributed by atoms with Crippen molar-refractivity contribution >= 4 is 11.6 Å². The van der Waals surface area contributed by atoms with Crippen molar-refractivity contribution in [2.24, 2.45) is 0 Å². The van der Waals surface area contributed by atoms with Crippen molar-refractivity contribution in [1.29, 1.82) is 0 Å². The van der Waals surface area contributed by atoms with Gasteiger partial charge in [0, 0.05) is 35.8 Å². The van der Waals surface area contributed by atoms with Crippen LogP contribution in [0.4, 0.5) is 5.69 Å². The van der Waals surface area contributed by atoms with Gasteiger partial charge < -0.3 is 10.6 Å². The molecule has 0 atom stereocenters. The van der Waals surface area contributed by atoms with E-state index in [4.69, 9.17) is 0 Å². The van der Waals surface area contributed by atoms with Gasteiger partial charge in [-0.05, 0) is 42.0 Å². The predicted octanol–water partition coefficient (Wildman–Crippen LogP) is 2.99. The Balaban J connectivity index is 1.21. The van der Waals surface area contributed by atoms with Crippen LogP contribution in [0.5, 0.6) is 0 Å². The summed E-state index contributed by atoms with van der Waals surface area (Å²) in [5.41, 5.74) is 4.05. The molecule has 0 radical (unpaired) electrons. The molecule has 34 heavy (non-hydrogen) atoms. The third kappa shape index (κ3) is 4.80. The molecule has 0 aliphatic carbocycles. The Morgan fingerprint density at radius 2 is 1.85 bits per heavy atom. The largest absolute Gasteiger partial charge is 0.378 e. The van der Waals surface area contributed by atoms with Crippen LogP contribution in [0, 0.1) is 0 Å². The van der Waals surface area contributed by atoms with Gasteiger partial charge in [0.2, 0.25) is 0 Å². The number of amides is 1. The first-order valence-electron chi connectivity index (χ1n) is 10.6. The minimum Gasteiger partial charge on any atom is -0.378 e. The second-order valence-corrected chi connectivity index (χ2v) is 7.43. The monoisotopic (exact) mass is 451 g/mol. The van der Waals surface area contributed by atoms with Crippen molar-refractivity contribution in [3.8, 4) is 17.1 Å². The molecule has 0 aliphatic heterocycles. The number of carbonyl (C=O) groups excluding carboxylic acids is 1. The van der Waals surface area contributed by atoms with Crippen LogP contribution in [-0.2, 0) is 13.1 Å². The molecule has 0 unspecified atom stereocenters. The number of hydrogen-bond donors (Lipinski definition) is 3. The highest BCUT2D eigenvalue weighted by Gasteiger charge is 2.10. The summed E-state index contributed by atoms with van der Waals surface area (Å²) in [4.78, 5) is 25.3. The summed E-state index contributed by atoms with van der Waals surface area (Å²) >= 11 is 0. The normalized spacial score (nSPS) is 10.7. The zero-order valence-electron chi connectivity index (χ0n) is 18.1. The highest BCUT2D eigenvalue weighted by Crippen LogP contribution is 2.16. The van der Waals surface area contributed by atoms with E-state index in [0.29, 0.717) is 30.3 Å². The van der Waals surface area contributed by atoms with E-state index in [2.05, 4.69) is 40.9 Å². The van der Waals surface area contributed by atoms with Crippen LogP contribution in [-0.4, -0.2) is 40.8 Å². The molecule has 0 spiro atoms. The summed E-state index contributed by atoms with van der Waals surface area (Å²) in [6.07, 6.45) is 6.51. The van der Waals surface area contributed by atoms with Gasteiger partial charge in [-0.3, -0.25) is 14.9 Å². The maximum Gasteiger partial charge on any atom is 0.251 e. The maximum atomic E-state index is 12.8. The van der Waals surface area contributed by atoms with E-state index in [1.165, 1.54) is 6.33 Å². The first-order chi connectivity index (χ1) is 16.8. The van der Waals surface area contributed by atoms with Crippen molar-refractivity contribution in [2.45, 2.75) is 13.1 Å². The zero-order valence-corrected chi connectivity index (χ0v) is 18.1. The number of H-pyrrole nitrogens is 1. The van der Waals surface area contributed by atoms with Gasteiger partial charge in [0.15, 0.2) is 5.82 Å². The average molecular weight is 451 g/mol. The van der Waals surface area contributed by atoms with E-state index in [1.807, 2.05) is 48.5 Å². The Bertz CT molecular complexity index is 1380. The number of aromatic amines is 1. The van der Waals surface area contributed by atoms with Crippen LogP contribution >= 0.6 is 0 Å². The minimum atomic E-state index is -0.170. The van der Waals surface area contributed by atoms with Gasteiger partial charge in [0.1, 0.15) is 18.5 Å². The van der Waals surface area contributed by atoms with Gasteiger partial charge in [-0.15, -0.1) is 0 Å². The molecule has 0 bridgehead atoms. The van der Waals surface area contributed by atoms with Crippen LogP contribution in [0.2, 0.25) is 0 Å². The lowest BCUT2D eigenvalue weighted by Crippen LogP contribution is -2.23. The fourth-order valence-electron chi connectivity index (χ4n) is 3.45. The quantitative estimate of drug-likeness (QED) is 0.331. The zero-order chi connectivity index (χ0) is 23.2. The Hall–Kier alpha value is -4.86. The smallest absolute Gasteiger partial charge is 0.251 e. The molecule has 1 amide bonds. The van der Waals surface area contributed by atoms with Gasteiger partial charge in [0.25, 0.3) is 5.91 Å². The number of aromatic nitrogens is 7. The molecule has 2 aromatic carbocycles. The van der Waals surface area contributed by atoms with E-state index < -0.39 is 0 Å². The molecule has 3 heterocycles. The van der Waals surface area contributed by atoms with Crippen LogP contribution in [0.25, 0.3) is 17.1 Å². The fourth-order valence-corrected chi connectivity index (χ4v) is 3.45. The van der Waals surface area contributed by atoms with Crippen LogP contribution < -0.4 is 10.6 Å². The topological polar surface area (TPSA) is 126 Å². The molecule has 0 fully saturated rings. The Morgan fingerprint density at radius 1 is 0.971 bits per heavy atom. The van der Waals surface area contributed by atoms with Crippen LogP contribution in [0.15, 0.2) is 85.7 Å². The molecular weight excluding hydrogens is 430 g/mol. The lowest BCUT2D eigenvalue weighted by atomic mass is 10.1. The van der Waals surface area contributed by atoms with Gasteiger partial charge in [0.05, 0.1) is 12.2 Å². The number of hydrogen-bond acceptors (Lipinski definition) is 7. The summed E-state index contributed by atoms with van der Waals surface area (Å²) in [6, 6.07) is 18.8. The first kappa shape index (κ1) is 21.0. The Labute approximate surface area is 195 Å². The molecule has 0 saturated carbocycles. The Kier molecular flexibility index (Phi) is 6.02. The van der Waals surface area contributed by atoms with Crippen molar-refractivity contribution in [1.82, 2.24) is 40.2 Å². The summed E-state index contributed by atoms with van der Waals surface area (Å²) in [7, 11) is 0. The molecule has 5 rings (SSSR count). The highest BCUT2D eigenvalue weighted by atomic mass is 16.1. The van der Waals surface area contributed by atoms with E-state index in [9.17, 15) is 4.79 Å². The lowest BCUT2D eigenvalue weighted by Gasteiger charge is -2.11. The molecule has 10 nitrogen and oxygen atoms in total. The number of rotatable bonds is 8. The third-order valence-electron chi connectivity index (χ3n) is 5.15. The lowest BCUT2D eigenvalue weighted by molar-refractivity contribution is 0.0951. The van der Waals surface area contributed by atoms with Gasteiger partial charge in [-0.2, -0.15) is 10.2 Å². The van der Waals surface area contributed by atoms with Crippen molar-refractivity contribution in [3.05, 3.63) is 103 Å². The number of pyridine rings is 1. The first-order valence-corrected chi connectivity index (χ1v) is 10.6. The SMILES string of the molecule is O=C(NCc1ccccc1-n1cncn1)c1cccc(NCc2nc(-c3ccncc3)n[nH]2)c1. The van der Waals surface area contributed by atoms with E-state index in [0.717, 1.165) is 22.5 Å². The summed E-state index contributed by atoms with van der Waals surface area (Å²) in [5, 5.41) is 17.6. The number of nitrogens with one attached hydrogen (secondary N) is 3. The third-order valence-corrected chi connectivity index (χ3v) is 5.15. The van der Waals surface area contributed by atoms with Crippen LogP contribution in [0.3, 0.4) is 0 Å². The molecule has 5 aromatic rings. The average Bonchev–Trinajstić information content (AvgIpc) is 3.60. The molecular formula is C24H21N9O. The summed E-state index contributed by atoms with van der Waals surface area (Å²) in [6.45, 7) is 0.802.